The fraction of sp³-hybridized carbons (Fsp3) is 0.846. The molecule has 2 heterocycles. The molecule has 0 amide bonds. The molecule has 19 heavy (non-hydrogen) atoms. The van der Waals surface area contributed by atoms with Gasteiger partial charge in [-0.2, -0.15) is 0 Å². The Bertz CT molecular complexity index is 394. The molecule has 1 aliphatic rings. The first-order chi connectivity index (χ1) is 9.15. The van der Waals surface area contributed by atoms with E-state index in [4.69, 9.17) is 4.74 Å². The lowest BCUT2D eigenvalue weighted by atomic mass is 9.95. The number of ether oxygens (including phenoxy) is 1. The van der Waals surface area contributed by atoms with E-state index in [1.54, 1.807) is 0 Å². The van der Waals surface area contributed by atoms with Gasteiger partial charge in [0.05, 0.1) is 17.8 Å². The first kappa shape index (κ1) is 14.4. The summed E-state index contributed by atoms with van der Waals surface area (Å²) in [6, 6.07) is 0. The molecule has 1 unspecified atom stereocenters. The molecule has 6 nitrogen and oxygen atoms in total. The van der Waals surface area contributed by atoms with Crippen LogP contribution in [-0.2, 0) is 17.8 Å². The molecule has 0 saturated carbocycles. The summed E-state index contributed by atoms with van der Waals surface area (Å²) in [4.78, 5) is 2.45. The van der Waals surface area contributed by atoms with Gasteiger partial charge in [-0.25, -0.2) is 0 Å². The number of methoxy groups -OCH3 is 1. The molecule has 0 aromatic carbocycles. The maximum absolute atomic E-state index is 5.61. The summed E-state index contributed by atoms with van der Waals surface area (Å²) >= 11 is 0. The Morgan fingerprint density at radius 1 is 1.47 bits per heavy atom. The van der Waals surface area contributed by atoms with Crippen LogP contribution in [0.4, 0.5) is 0 Å². The van der Waals surface area contributed by atoms with E-state index in [2.05, 4.69) is 27.5 Å². The highest BCUT2D eigenvalue weighted by molar-refractivity contribution is 4.91. The second-order valence-electron chi connectivity index (χ2n) is 5.54. The van der Waals surface area contributed by atoms with Crippen molar-refractivity contribution >= 4 is 0 Å². The largest absolute Gasteiger partial charge is 0.377 e. The van der Waals surface area contributed by atoms with Gasteiger partial charge in [-0.3, -0.25) is 9.58 Å². The number of likely N-dealkylation sites (tertiary alicyclic amines) is 1. The van der Waals surface area contributed by atoms with Crippen LogP contribution < -0.4 is 5.32 Å². The molecule has 0 aliphatic carbocycles. The van der Waals surface area contributed by atoms with Crippen LogP contribution in [0.5, 0.6) is 0 Å². The first-order valence-corrected chi connectivity index (χ1v) is 6.96. The number of hydrogen-bond acceptors (Lipinski definition) is 5. The van der Waals surface area contributed by atoms with Crippen LogP contribution in [0, 0.1) is 0 Å². The standard InChI is InChI=1S/C13H25N5O/c1-13(19-3)5-4-6-17(11-13)7-8-18-10-12(9-14-2)15-16-18/h10,14H,4-9,11H2,1-3H3. The zero-order chi connectivity index (χ0) is 13.7. The summed E-state index contributed by atoms with van der Waals surface area (Å²) in [5.41, 5.74) is 1.00. The van der Waals surface area contributed by atoms with Crippen molar-refractivity contribution in [1.82, 2.24) is 25.2 Å². The predicted molar refractivity (Wildman–Crippen MR) is 73.9 cm³/mol. The summed E-state index contributed by atoms with van der Waals surface area (Å²) < 4.78 is 7.53. The van der Waals surface area contributed by atoms with E-state index in [1.807, 2.05) is 25.0 Å². The Morgan fingerprint density at radius 3 is 3.05 bits per heavy atom. The van der Waals surface area contributed by atoms with E-state index in [0.29, 0.717) is 0 Å². The molecule has 1 saturated heterocycles. The van der Waals surface area contributed by atoms with Crippen molar-refractivity contribution in [3.05, 3.63) is 11.9 Å². The van der Waals surface area contributed by atoms with Gasteiger partial charge >= 0.3 is 0 Å². The van der Waals surface area contributed by atoms with Crippen LogP contribution in [-0.4, -0.2) is 59.3 Å². The Hall–Kier alpha value is -0.980. The van der Waals surface area contributed by atoms with Crippen LogP contribution in [0.15, 0.2) is 6.20 Å². The summed E-state index contributed by atoms with van der Waals surface area (Å²) in [6.45, 7) is 7.00. The fourth-order valence-electron chi connectivity index (χ4n) is 2.62. The van der Waals surface area contributed by atoms with Gasteiger partial charge in [0.25, 0.3) is 0 Å². The molecule has 1 N–H and O–H groups in total. The molecule has 1 aromatic rings. The highest BCUT2D eigenvalue weighted by atomic mass is 16.5. The molecule has 6 heteroatoms. The normalized spacial score (nSPS) is 24.8. The summed E-state index contributed by atoms with van der Waals surface area (Å²) in [7, 11) is 3.73. The lowest BCUT2D eigenvalue weighted by molar-refractivity contribution is -0.0513. The van der Waals surface area contributed by atoms with Crippen molar-refractivity contribution in [3.8, 4) is 0 Å². The van der Waals surface area contributed by atoms with E-state index in [0.717, 1.165) is 44.8 Å². The lowest BCUT2D eigenvalue weighted by Crippen LogP contribution is -2.48. The Balaban J connectivity index is 1.81. The molecular formula is C13H25N5O. The number of aromatic nitrogens is 3. The SMILES string of the molecule is CNCc1cn(CCN2CCCC(C)(OC)C2)nn1. The zero-order valence-corrected chi connectivity index (χ0v) is 12.2. The molecule has 1 aliphatic heterocycles. The molecule has 1 atom stereocenters. The van der Waals surface area contributed by atoms with Gasteiger partial charge in [-0.1, -0.05) is 5.21 Å². The third-order valence-corrected chi connectivity index (χ3v) is 3.82. The van der Waals surface area contributed by atoms with Crippen molar-refractivity contribution in [2.45, 2.75) is 38.5 Å². The molecule has 0 spiro atoms. The van der Waals surface area contributed by atoms with Crippen molar-refractivity contribution in [3.63, 3.8) is 0 Å². The maximum Gasteiger partial charge on any atom is 0.0964 e. The van der Waals surface area contributed by atoms with E-state index >= 15 is 0 Å². The Kier molecular flexibility index (Phi) is 4.90. The van der Waals surface area contributed by atoms with E-state index in [-0.39, 0.29) is 5.60 Å². The van der Waals surface area contributed by atoms with Gasteiger partial charge in [0, 0.05) is 32.9 Å². The fourth-order valence-corrected chi connectivity index (χ4v) is 2.62. The number of nitrogens with one attached hydrogen (secondary N) is 1. The van der Waals surface area contributed by atoms with Crippen LogP contribution in [0.25, 0.3) is 0 Å². The Morgan fingerprint density at radius 2 is 2.32 bits per heavy atom. The molecule has 2 rings (SSSR count). The lowest BCUT2D eigenvalue weighted by Gasteiger charge is -2.39. The van der Waals surface area contributed by atoms with E-state index in [1.165, 1.54) is 6.42 Å². The highest BCUT2D eigenvalue weighted by Crippen LogP contribution is 2.23. The maximum atomic E-state index is 5.61. The summed E-state index contributed by atoms with van der Waals surface area (Å²) in [6.07, 6.45) is 4.36. The van der Waals surface area contributed by atoms with Crippen LogP contribution >= 0.6 is 0 Å². The second kappa shape index (κ2) is 6.45. The predicted octanol–water partition coefficient (Wildman–Crippen LogP) is 0.498. The van der Waals surface area contributed by atoms with Crippen LogP contribution in [0.1, 0.15) is 25.5 Å². The zero-order valence-electron chi connectivity index (χ0n) is 12.2. The van der Waals surface area contributed by atoms with Gasteiger partial charge in [0.15, 0.2) is 0 Å². The minimum Gasteiger partial charge on any atom is -0.377 e. The van der Waals surface area contributed by atoms with E-state index < -0.39 is 0 Å². The number of piperidine rings is 1. The van der Waals surface area contributed by atoms with Gasteiger partial charge in [0.2, 0.25) is 0 Å². The minimum absolute atomic E-state index is 0.0118. The molecule has 1 fully saturated rings. The van der Waals surface area contributed by atoms with Crippen LogP contribution in [0.2, 0.25) is 0 Å². The van der Waals surface area contributed by atoms with Gasteiger partial charge in [-0.15, -0.1) is 5.10 Å². The van der Waals surface area contributed by atoms with Crippen molar-refractivity contribution < 1.29 is 4.74 Å². The topological polar surface area (TPSA) is 55.2 Å². The molecule has 108 valence electrons. The molecular weight excluding hydrogens is 242 g/mol. The third-order valence-electron chi connectivity index (χ3n) is 3.82. The third kappa shape index (κ3) is 3.99. The average Bonchev–Trinajstić information content (AvgIpc) is 2.85. The molecule has 0 bridgehead atoms. The van der Waals surface area contributed by atoms with E-state index in [9.17, 15) is 0 Å². The molecule has 0 radical (unpaired) electrons. The van der Waals surface area contributed by atoms with Gasteiger partial charge in [0.1, 0.15) is 0 Å². The first-order valence-electron chi connectivity index (χ1n) is 6.96. The highest BCUT2D eigenvalue weighted by Gasteiger charge is 2.30. The smallest absolute Gasteiger partial charge is 0.0964 e. The quantitative estimate of drug-likeness (QED) is 0.813. The average molecular weight is 267 g/mol. The summed E-state index contributed by atoms with van der Waals surface area (Å²) in [5.74, 6) is 0. The number of nitrogens with zero attached hydrogens (tertiary/aromatic N) is 4. The van der Waals surface area contributed by atoms with Crippen LogP contribution in [0.3, 0.4) is 0 Å². The van der Waals surface area contributed by atoms with Crippen molar-refractivity contribution in [2.24, 2.45) is 0 Å². The van der Waals surface area contributed by atoms with Gasteiger partial charge < -0.3 is 10.1 Å². The monoisotopic (exact) mass is 267 g/mol. The molecule has 1 aromatic heterocycles. The number of rotatable bonds is 6. The summed E-state index contributed by atoms with van der Waals surface area (Å²) in [5, 5.41) is 11.3. The van der Waals surface area contributed by atoms with Crippen molar-refractivity contribution in [1.29, 1.82) is 0 Å². The van der Waals surface area contributed by atoms with Crippen molar-refractivity contribution in [2.75, 3.05) is 33.8 Å². The number of hydrogen-bond donors (Lipinski definition) is 1. The van der Waals surface area contributed by atoms with Gasteiger partial charge in [-0.05, 0) is 33.4 Å². The Labute approximate surface area is 115 Å². The minimum atomic E-state index is 0.0118. The second-order valence-corrected chi connectivity index (χ2v) is 5.54.